The number of rotatable bonds is 5. The third kappa shape index (κ3) is 4.41. The minimum atomic E-state index is -0.552. The normalized spacial score (nSPS) is 9.84. The summed E-state index contributed by atoms with van der Waals surface area (Å²) in [5, 5.41) is 0. The summed E-state index contributed by atoms with van der Waals surface area (Å²) in [5.74, 6) is -0.522. The summed E-state index contributed by atoms with van der Waals surface area (Å²) >= 11 is 0. The molecule has 1 heterocycles. The van der Waals surface area contributed by atoms with Crippen LogP contribution in [0.25, 0.3) is 0 Å². The molecule has 1 N–H and O–H groups in total. The van der Waals surface area contributed by atoms with E-state index in [1.807, 2.05) is 0 Å². The fraction of sp³-hybridized carbons (Fsp3) is 0.455. The number of H-pyrrole nitrogens is 1. The highest BCUT2D eigenvalue weighted by Gasteiger charge is 2.18. The SMILES string of the molecule is COC(=O)CN(CC(=O)OC)c1cc(=O)[nH]c(C)n1. The summed E-state index contributed by atoms with van der Waals surface area (Å²) in [4.78, 5) is 41.8. The van der Waals surface area contributed by atoms with Crippen LogP contribution in [0.5, 0.6) is 0 Å². The van der Waals surface area contributed by atoms with E-state index in [4.69, 9.17) is 0 Å². The number of methoxy groups -OCH3 is 2. The van der Waals surface area contributed by atoms with Crippen molar-refractivity contribution in [2.24, 2.45) is 0 Å². The van der Waals surface area contributed by atoms with Gasteiger partial charge in [0.25, 0.3) is 5.56 Å². The van der Waals surface area contributed by atoms with Crippen molar-refractivity contribution in [1.29, 1.82) is 0 Å². The molecule has 0 atom stereocenters. The second-order valence-electron chi connectivity index (χ2n) is 3.70. The smallest absolute Gasteiger partial charge is 0.325 e. The van der Waals surface area contributed by atoms with Crippen LogP contribution in [0.1, 0.15) is 5.82 Å². The Balaban J connectivity index is 3.03. The molecule has 0 aliphatic heterocycles. The molecule has 0 saturated carbocycles. The van der Waals surface area contributed by atoms with Crippen molar-refractivity contribution in [2.45, 2.75) is 6.92 Å². The Morgan fingerprint density at radius 1 is 1.26 bits per heavy atom. The number of carbonyl (C=O) groups is 2. The maximum atomic E-state index is 11.4. The topological polar surface area (TPSA) is 102 Å². The lowest BCUT2D eigenvalue weighted by Crippen LogP contribution is -2.37. The predicted molar refractivity (Wildman–Crippen MR) is 65.8 cm³/mol. The zero-order valence-corrected chi connectivity index (χ0v) is 10.9. The Kier molecular flexibility index (Phi) is 5.04. The van der Waals surface area contributed by atoms with Crippen LogP contribution < -0.4 is 10.5 Å². The molecule has 8 nitrogen and oxygen atoms in total. The van der Waals surface area contributed by atoms with Crippen molar-refractivity contribution >= 4 is 17.8 Å². The average molecular weight is 269 g/mol. The molecule has 19 heavy (non-hydrogen) atoms. The highest BCUT2D eigenvalue weighted by atomic mass is 16.5. The highest BCUT2D eigenvalue weighted by molar-refractivity contribution is 5.80. The van der Waals surface area contributed by atoms with E-state index in [-0.39, 0.29) is 24.5 Å². The van der Waals surface area contributed by atoms with Gasteiger partial charge < -0.3 is 19.4 Å². The first-order valence-electron chi connectivity index (χ1n) is 5.42. The second kappa shape index (κ2) is 6.53. The van der Waals surface area contributed by atoms with Gasteiger partial charge in [0.1, 0.15) is 24.7 Å². The van der Waals surface area contributed by atoms with Gasteiger partial charge in [-0.2, -0.15) is 0 Å². The molecular formula is C11H15N3O5. The molecule has 1 aromatic rings. The van der Waals surface area contributed by atoms with Crippen molar-refractivity contribution < 1.29 is 19.1 Å². The van der Waals surface area contributed by atoms with E-state index in [0.717, 1.165) is 0 Å². The van der Waals surface area contributed by atoms with E-state index in [9.17, 15) is 14.4 Å². The first kappa shape index (κ1) is 14.7. The van der Waals surface area contributed by atoms with Crippen LogP contribution in [0.3, 0.4) is 0 Å². The third-order valence-electron chi connectivity index (χ3n) is 2.27. The van der Waals surface area contributed by atoms with Gasteiger partial charge in [0.15, 0.2) is 0 Å². The van der Waals surface area contributed by atoms with Gasteiger partial charge in [-0.05, 0) is 6.92 Å². The fourth-order valence-corrected chi connectivity index (χ4v) is 1.38. The number of nitrogens with zero attached hydrogens (tertiary/aromatic N) is 2. The van der Waals surface area contributed by atoms with Crippen LogP contribution >= 0.6 is 0 Å². The second-order valence-corrected chi connectivity index (χ2v) is 3.70. The summed E-state index contributed by atoms with van der Waals surface area (Å²) in [6.45, 7) is 1.18. The number of hydrogen-bond acceptors (Lipinski definition) is 7. The first-order chi connectivity index (χ1) is 8.96. The Hall–Kier alpha value is -2.38. The summed E-state index contributed by atoms with van der Waals surface area (Å²) in [6.07, 6.45) is 0. The summed E-state index contributed by atoms with van der Waals surface area (Å²) in [6, 6.07) is 1.19. The van der Waals surface area contributed by atoms with Gasteiger partial charge in [0.05, 0.1) is 14.2 Å². The number of hydrogen-bond donors (Lipinski definition) is 1. The molecule has 0 fully saturated rings. The number of carbonyl (C=O) groups excluding carboxylic acids is 2. The largest absolute Gasteiger partial charge is 0.468 e. The molecular weight excluding hydrogens is 254 g/mol. The number of aromatic nitrogens is 2. The molecule has 1 rings (SSSR count). The zero-order valence-electron chi connectivity index (χ0n) is 10.9. The number of aromatic amines is 1. The number of aryl methyl sites for hydroxylation is 1. The Bertz CT molecular complexity index is 507. The molecule has 0 unspecified atom stereocenters. The number of nitrogens with one attached hydrogen (secondary N) is 1. The van der Waals surface area contributed by atoms with Crippen LogP contribution in [-0.4, -0.2) is 49.2 Å². The van der Waals surface area contributed by atoms with E-state index in [2.05, 4.69) is 19.4 Å². The lowest BCUT2D eigenvalue weighted by atomic mass is 10.4. The number of anilines is 1. The van der Waals surface area contributed by atoms with Crippen molar-refractivity contribution in [3.8, 4) is 0 Å². The molecule has 0 saturated heterocycles. The van der Waals surface area contributed by atoms with Crippen LogP contribution in [0, 0.1) is 6.92 Å². The molecule has 0 bridgehead atoms. The quantitative estimate of drug-likeness (QED) is 0.700. The van der Waals surface area contributed by atoms with Crippen molar-refractivity contribution in [3.63, 3.8) is 0 Å². The zero-order chi connectivity index (χ0) is 14.4. The molecule has 8 heteroatoms. The van der Waals surface area contributed by atoms with Gasteiger partial charge in [-0.15, -0.1) is 0 Å². The lowest BCUT2D eigenvalue weighted by molar-refractivity contribution is -0.140. The Morgan fingerprint density at radius 3 is 2.21 bits per heavy atom. The van der Waals surface area contributed by atoms with E-state index >= 15 is 0 Å². The Morgan fingerprint density at radius 2 is 1.79 bits per heavy atom. The minimum Gasteiger partial charge on any atom is -0.468 e. The van der Waals surface area contributed by atoms with Gasteiger partial charge in [-0.3, -0.25) is 14.4 Å². The standard InChI is InChI=1S/C11H15N3O5/c1-7-12-8(4-9(15)13-7)14(5-10(16)18-2)6-11(17)19-3/h4H,5-6H2,1-3H3,(H,12,13,15). The minimum absolute atomic E-state index is 0.206. The van der Waals surface area contributed by atoms with Crippen molar-refractivity contribution in [1.82, 2.24) is 9.97 Å². The van der Waals surface area contributed by atoms with Gasteiger partial charge in [-0.25, -0.2) is 4.98 Å². The van der Waals surface area contributed by atoms with E-state index in [1.54, 1.807) is 6.92 Å². The van der Waals surface area contributed by atoms with Gasteiger partial charge in [0.2, 0.25) is 0 Å². The van der Waals surface area contributed by atoms with Crippen LogP contribution in [0.4, 0.5) is 5.82 Å². The van der Waals surface area contributed by atoms with Crippen LogP contribution in [-0.2, 0) is 19.1 Å². The molecule has 0 amide bonds. The molecule has 1 aromatic heterocycles. The van der Waals surface area contributed by atoms with E-state index in [0.29, 0.717) is 5.82 Å². The molecule has 0 aromatic carbocycles. The molecule has 0 radical (unpaired) electrons. The van der Waals surface area contributed by atoms with Crippen LogP contribution in [0.2, 0.25) is 0 Å². The third-order valence-corrected chi connectivity index (χ3v) is 2.27. The molecule has 0 aliphatic rings. The molecule has 104 valence electrons. The average Bonchev–Trinajstić information content (AvgIpc) is 2.36. The van der Waals surface area contributed by atoms with Crippen molar-refractivity contribution in [3.05, 3.63) is 22.2 Å². The fourth-order valence-electron chi connectivity index (χ4n) is 1.38. The maximum Gasteiger partial charge on any atom is 0.325 e. The first-order valence-corrected chi connectivity index (χ1v) is 5.42. The predicted octanol–water partition coefficient (Wildman–Crippen LogP) is -0.769. The van der Waals surface area contributed by atoms with Gasteiger partial charge >= 0.3 is 11.9 Å². The van der Waals surface area contributed by atoms with Gasteiger partial charge in [-0.1, -0.05) is 0 Å². The molecule has 0 spiro atoms. The molecule has 0 aliphatic carbocycles. The van der Waals surface area contributed by atoms with Crippen molar-refractivity contribution in [2.75, 3.05) is 32.2 Å². The van der Waals surface area contributed by atoms with E-state index in [1.165, 1.54) is 25.2 Å². The monoisotopic (exact) mass is 269 g/mol. The lowest BCUT2D eigenvalue weighted by Gasteiger charge is -2.20. The Labute approximate surface area is 109 Å². The highest BCUT2D eigenvalue weighted by Crippen LogP contribution is 2.08. The maximum absolute atomic E-state index is 11.4. The summed E-state index contributed by atoms with van der Waals surface area (Å²) in [5.41, 5.74) is -0.373. The summed E-state index contributed by atoms with van der Waals surface area (Å²) < 4.78 is 9.06. The summed E-state index contributed by atoms with van der Waals surface area (Å²) in [7, 11) is 2.46. The number of esters is 2. The van der Waals surface area contributed by atoms with E-state index < -0.39 is 11.9 Å². The number of ether oxygens (including phenoxy) is 2. The van der Waals surface area contributed by atoms with Crippen LogP contribution in [0.15, 0.2) is 10.9 Å². The van der Waals surface area contributed by atoms with Gasteiger partial charge in [0, 0.05) is 6.07 Å².